The molecule has 0 bridgehead atoms. The van der Waals surface area contributed by atoms with Crippen LogP contribution in [0.4, 0.5) is 5.69 Å². The standard InChI is InChI=1S/C12H13N3O2/c1-8-11(14-7-13-8)12(16)15-9-4-3-5-10(6-9)17-2/h3-7H,1-2H3,(H,13,14)(H,15,16). The van der Waals surface area contributed by atoms with Crippen molar-refractivity contribution >= 4 is 11.6 Å². The first kappa shape index (κ1) is 11.2. The number of ether oxygens (including phenoxy) is 1. The van der Waals surface area contributed by atoms with Crippen molar-refractivity contribution in [2.24, 2.45) is 0 Å². The lowest BCUT2D eigenvalue weighted by Gasteiger charge is -2.05. The molecule has 2 N–H and O–H groups in total. The van der Waals surface area contributed by atoms with Crippen LogP contribution in [-0.4, -0.2) is 23.0 Å². The second kappa shape index (κ2) is 4.69. The molecule has 2 aromatic rings. The van der Waals surface area contributed by atoms with Gasteiger partial charge < -0.3 is 15.0 Å². The molecule has 88 valence electrons. The molecule has 0 spiro atoms. The average molecular weight is 231 g/mol. The molecular formula is C12H13N3O2. The number of aryl methyl sites for hydroxylation is 1. The quantitative estimate of drug-likeness (QED) is 0.848. The third-order valence-electron chi connectivity index (χ3n) is 2.37. The summed E-state index contributed by atoms with van der Waals surface area (Å²) in [4.78, 5) is 18.7. The zero-order valence-corrected chi connectivity index (χ0v) is 9.65. The summed E-state index contributed by atoms with van der Waals surface area (Å²) in [7, 11) is 1.58. The molecule has 5 heteroatoms. The van der Waals surface area contributed by atoms with Gasteiger partial charge in [0, 0.05) is 17.4 Å². The van der Waals surface area contributed by atoms with Crippen LogP contribution in [0.3, 0.4) is 0 Å². The molecule has 1 aromatic carbocycles. The van der Waals surface area contributed by atoms with E-state index in [0.717, 1.165) is 5.69 Å². The van der Waals surface area contributed by atoms with Gasteiger partial charge >= 0.3 is 0 Å². The maximum absolute atomic E-state index is 11.9. The van der Waals surface area contributed by atoms with Gasteiger partial charge in [-0.05, 0) is 19.1 Å². The van der Waals surface area contributed by atoms with Crippen LogP contribution in [0.1, 0.15) is 16.2 Å². The Labute approximate surface area is 98.8 Å². The zero-order chi connectivity index (χ0) is 12.3. The van der Waals surface area contributed by atoms with Crippen molar-refractivity contribution < 1.29 is 9.53 Å². The molecule has 2 rings (SSSR count). The van der Waals surface area contributed by atoms with Crippen LogP contribution >= 0.6 is 0 Å². The summed E-state index contributed by atoms with van der Waals surface area (Å²) in [6, 6.07) is 7.17. The summed E-state index contributed by atoms with van der Waals surface area (Å²) < 4.78 is 5.08. The molecular weight excluding hydrogens is 218 g/mol. The van der Waals surface area contributed by atoms with Crippen molar-refractivity contribution in [1.82, 2.24) is 9.97 Å². The molecule has 17 heavy (non-hydrogen) atoms. The van der Waals surface area contributed by atoms with Crippen LogP contribution in [0.15, 0.2) is 30.6 Å². The molecule has 1 aromatic heterocycles. The predicted octanol–water partition coefficient (Wildman–Crippen LogP) is 1.98. The number of imidazole rings is 1. The fraction of sp³-hybridized carbons (Fsp3) is 0.167. The number of aromatic amines is 1. The minimum absolute atomic E-state index is 0.239. The molecule has 0 saturated carbocycles. The second-order valence-electron chi connectivity index (χ2n) is 3.56. The maximum Gasteiger partial charge on any atom is 0.276 e. The lowest BCUT2D eigenvalue weighted by molar-refractivity contribution is 0.102. The van der Waals surface area contributed by atoms with Crippen molar-refractivity contribution in [3.05, 3.63) is 42.0 Å². The molecule has 0 unspecified atom stereocenters. The summed E-state index contributed by atoms with van der Waals surface area (Å²) in [5.74, 6) is 0.457. The molecule has 0 aliphatic carbocycles. The molecule has 0 fully saturated rings. The Balaban J connectivity index is 2.16. The highest BCUT2D eigenvalue weighted by Crippen LogP contribution is 2.17. The van der Waals surface area contributed by atoms with Gasteiger partial charge in [-0.2, -0.15) is 0 Å². The number of H-pyrrole nitrogens is 1. The third-order valence-corrected chi connectivity index (χ3v) is 2.37. The van der Waals surface area contributed by atoms with E-state index >= 15 is 0 Å². The number of carbonyl (C=O) groups is 1. The zero-order valence-electron chi connectivity index (χ0n) is 9.65. The van der Waals surface area contributed by atoms with Crippen LogP contribution in [0, 0.1) is 6.92 Å². The first-order valence-electron chi connectivity index (χ1n) is 5.16. The summed E-state index contributed by atoms with van der Waals surface area (Å²) in [6.45, 7) is 1.80. The van der Waals surface area contributed by atoms with Gasteiger partial charge in [-0.15, -0.1) is 0 Å². The Hall–Kier alpha value is -2.30. The Kier molecular flexibility index (Phi) is 3.09. The molecule has 0 aliphatic rings. The summed E-state index contributed by atoms with van der Waals surface area (Å²) >= 11 is 0. The normalized spacial score (nSPS) is 10.0. The largest absolute Gasteiger partial charge is 0.497 e. The number of benzene rings is 1. The van der Waals surface area contributed by atoms with Gasteiger partial charge in [-0.25, -0.2) is 4.98 Å². The van der Waals surface area contributed by atoms with Gasteiger partial charge in [0.15, 0.2) is 0 Å². The molecule has 5 nitrogen and oxygen atoms in total. The van der Waals surface area contributed by atoms with Gasteiger partial charge in [0.05, 0.1) is 13.4 Å². The number of nitrogens with zero attached hydrogens (tertiary/aromatic N) is 1. The Morgan fingerprint density at radius 1 is 1.47 bits per heavy atom. The van der Waals surface area contributed by atoms with Crippen LogP contribution < -0.4 is 10.1 Å². The van der Waals surface area contributed by atoms with Crippen LogP contribution in [0.25, 0.3) is 0 Å². The van der Waals surface area contributed by atoms with Gasteiger partial charge in [-0.1, -0.05) is 6.07 Å². The number of methoxy groups -OCH3 is 1. The second-order valence-corrected chi connectivity index (χ2v) is 3.56. The van der Waals surface area contributed by atoms with E-state index in [-0.39, 0.29) is 5.91 Å². The highest BCUT2D eigenvalue weighted by Gasteiger charge is 2.11. The number of hydrogen-bond acceptors (Lipinski definition) is 3. The first-order valence-corrected chi connectivity index (χ1v) is 5.16. The topological polar surface area (TPSA) is 67.0 Å². The van der Waals surface area contributed by atoms with E-state index < -0.39 is 0 Å². The molecule has 0 aliphatic heterocycles. The fourth-order valence-corrected chi connectivity index (χ4v) is 1.48. The van der Waals surface area contributed by atoms with E-state index in [9.17, 15) is 4.79 Å². The number of amides is 1. The monoisotopic (exact) mass is 231 g/mol. The maximum atomic E-state index is 11.9. The molecule has 1 amide bonds. The Morgan fingerprint density at radius 3 is 2.94 bits per heavy atom. The number of carbonyl (C=O) groups excluding carboxylic acids is 1. The molecule has 1 heterocycles. The lowest BCUT2D eigenvalue weighted by Crippen LogP contribution is -2.13. The summed E-state index contributed by atoms with van der Waals surface area (Å²) in [6.07, 6.45) is 1.50. The summed E-state index contributed by atoms with van der Waals surface area (Å²) in [5, 5.41) is 2.76. The van der Waals surface area contributed by atoms with Crippen molar-refractivity contribution in [1.29, 1.82) is 0 Å². The Bertz CT molecular complexity index is 534. The summed E-state index contributed by atoms with van der Waals surface area (Å²) in [5.41, 5.74) is 1.81. The van der Waals surface area contributed by atoms with Crippen molar-refractivity contribution in [2.45, 2.75) is 6.92 Å². The van der Waals surface area contributed by atoms with E-state index in [1.807, 2.05) is 12.1 Å². The number of hydrogen-bond donors (Lipinski definition) is 2. The number of aromatic nitrogens is 2. The number of nitrogens with one attached hydrogen (secondary N) is 2. The van der Waals surface area contributed by atoms with Gasteiger partial charge in [0.2, 0.25) is 0 Å². The minimum atomic E-state index is -0.239. The first-order chi connectivity index (χ1) is 8.20. The van der Waals surface area contributed by atoms with Gasteiger partial charge in [0.25, 0.3) is 5.91 Å². The van der Waals surface area contributed by atoms with E-state index in [1.165, 1.54) is 6.33 Å². The van der Waals surface area contributed by atoms with Crippen molar-refractivity contribution in [3.63, 3.8) is 0 Å². The van der Waals surface area contributed by atoms with E-state index in [2.05, 4.69) is 15.3 Å². The smallest absolute Gasteiger partial charge is 0.276 e. The molecule has 0 saturated heterocycles. The predicted molar refractivity (Wildman–Crippen MR) is 64.3 cm³/mol. The van der Waals surface area contributed by atoms with E-state index in [4.69, 9.17) is 4.74 Å². The minimum Gasteiger partial charge on any atom is -0.497 e. The fourth-order valence-electron chi connectivity index (χ4n) is 1.48. The van der Waals surface area contributed by atoms with E-state index in [1.54, 1.807) is 26.2 Å². The molecule has 0 atom stereocenters. The van der Waals surface area contributed by atoms with Crippen molar-refractivity contribution in [2.75, 3.05) is 12.4 Å². The van der Waals surface area contributed by atoms with Crippen LogP contribution in [0.2, 0.25) is 0 Å². The highest BCUT2D eigenvalue weighted by molar-refractivity contribution is 6.03. The third kappa shape index (κ3) is 2.44. The van der Waals surface area contributed by atoms with Crippen LogP contribution in [0.5, 0.6) is 5.75 Å². The lowest BCUT2D eigenvalue weighted by atomic mass is 10.2. The average Bonchev–Trinajstić information content (AvgIpc) is 2.76. The van der Waals surface area contributed by atoms with E-state index in [0.29, 0.717) is 17.1 Å². The van der Waals surface area contributed by atoms with Gasteiger partial charge in [-0.3, -0.25) is 4.79 Å². The SMILES string of the molecule is COc1cccc(NC(=O)c2nc[nH]c2C)c1. The molecule has 0 radical (unpaired) electrons. The number of anilines is 1. The number of rotatable bonds is 3. The van der Waals surface area contributed by atoms with Crippen LogP contribution in [-0.2, 0) is 0 Å². The highest BCUT2D eigenvalue weighted by atomic mass is 16.5. The van der Waals surface area contributed by atoms with Gasteiger partial charge in [0.1, 0.15) is 11.4 Å². The van der Waals surface area contributed by atoms with Crippen molar-refractivity contribution in [3.8, 4) is 5.75 Å². The Morgan fingerprint density at radius 2 is 2.29 bits per heavy atom.